The lowest BCUT2D eigenvalue weighted by atomic mass is 9.48. The Morgan fingerprint density at radius 3 is 2.81 bits per heavy atom. The molecule has 0 aliphatic heterocycles. The van der Waals surface area contributed by atoms with Crippen LogP contribution in [0.4, 0.5) is 0 Å². The summed E-state index contributed by atoms with van der Waals surface area (Å²) in [7, 11) is 0. The van der Waals surface area contributed by atoms with Crippen molar-refractivity contribution in [2.45, 2.75) is 58.8 Å². The molecule has 5 atom stereocenters. The zero-order valence-electron chi connectivity index (χ0n) is 13.4. The highest BCUT2D eigenvalue weighted by atomic mass is 35.5. The maximum Gasteiger partial charge on any atom is 0.0262 e. The molecule has 0 aromatic heterocycles. The van der Waals surface area contributed by atoms with E-state index in [2.05, 4.69) is 32.6 Å². The van der Waals surface area contributed by atoms with E-state index in [0.29, 0.717) is 5.41 Å². The smallest absolute Gasteiger partial charge is 0.0262 e. The summed E-state index contributed by atoms with van der Waals surface area (Å²) in [4.78, 5) is 0. The first-order valence-electron chi connectivity index (χ1n) is 8.71. The zero-order chi connectivity index (χ0) is 14.8. The number of fused-ring (bicyclic) bond motifs is 5. The Kier molecular flexibility index (Phi) is 3.03. The van der Waals surface area contributed by atoms with E-state index in [1.165, 1.54) is 49.7 Å². The van der Waals surface area contributed by atoms with Crippen molar-refractivity contribution in [2.24, 2.45) is 28.6 Å². The minimum Gasteiger partial charge on any atom is -0.0955 e. The molecule has 21 heavy (non-hydrogen) atoms. The highest BCUT2D eigenvalue weighted by Crippen LogP contribution is 2.65. The SMILES string of the molecule is C=C1C[C@H]2[C@@H]3CCC[C@@]3(C)CC[C@@H]2[C@@]2(C)C=CCC(Cl)=C12. The fourth-order valence-corrected chi connectivity index (χ4v) is 6.89. The molecule has 0 saturated heterocycles. The van der Waals surface area contributed by atoms with Gasteiger partial charge in [0.25, 0.3) is 0 Å². The lowest BCUT2D eigenvalue weighted by molar-refractivity contribution is -0.00459. The van der Waals surface area contributed by atoms with Crippen LogP contribution in [0.2, 0.25) is 0 Å². The van der Waals surface area contributed by atoms with Crippen LogP contribution in [0.15, 0.2) is 34.9 Å². The van der Waals surface area contributed by atoms with Crippen molar-refractivity contribution in [1.29, 1.82) is 0 Å². The Bertz CT molecular complexity index is 554. The number of halogens is 1. The van der Waals surface area contributed by atoms with Gasteiger partial charge < -0.3 is 0 Å². The molecule has 4 aliphatic rings. The van der Waals surface area contributed by atoms with Gasteiger partial charge in [0.05, 0.1) is 0 Å². The molecule has 0 spiro atoms. The lowest BCUT2D eigenvalue weighted by Gasteiger charge is -2.57. The van der Waals surface area contributed by atoms with Crippen LogP contribution >= 0.6 is 11.6 Å². The first kappa shape index (κ1) is 14.1. The Balaban J connectivity index is 1.78. The second kappa shape index (κ2) is 4.51. The second-order valence-corrected chi connectivity index (χ2v) is 8.89. The molecule has 3 saturated carbocycles. The minimum atomic E-state index is 0.152. The van der Waals surface area contributed by atoms with Crippen molar-refractivity contribution in [2.75, 3.05) is 0 Å². The molecule has 4 aliphatic carbocycles. The summed E-state index contributed by atoms with van der Waals surface area (Å²) in [5, 5.41) is 1.06. The van der Waals surface area contributed by atoms with E-state index in [9.17, 15) is 0 Å². The Hall–Kier alpha value is -0.490. The third-order valence-corrected chi connectivity index (χ3v) is 7.74. The van der Waals surface area contributed by atoms with Crippen LogP contribution in [0.3, 0.4) is 0 Å². The largest absolute Gasteiger partial charge is 0.0955 e. The average Bonchev–Trinajstić information content (AvgIpc) is 2.80. The van der Waals surface area contributed by atoms with Gasteiger partial charge in [-0.2, -0.15) is 0 Å². The van der Waals surface area contributed by atoms with Gasteiger partial charge in [-0.15, -0.1) is 0 Å². The third-order valence-electron chi connectivity index (χ3n) is 7.40. The summed E-state index contributed by atoms with van der Waals surface area (Å²) in [6, 6.07) is 0. The van der Waals surface area contributed by atoms with Crippen LogP contribution in [0.1, 0.15) is 58.8 Å². The maximum atomic E-state index is 6.61. The Labute approximate surface area is 134 Å². The first-order valence-corrected chi connectivity index (χ1v) is 9.08. The van der Waals surface area contributed by atoms with Crippen LogP contribution in [0.5, 0.6) is 0 Å². The van der Waals surface area contributed by atoms with Gasteiger partial charge >= 0.3 is 0 Å². The van der Waals surface area contributed by atoms with Gasteiger partial charge in [-0.25, -0.2) is 0 Å². The summed E-state index contributed by atoms with van der Waals surface area (Å²) >= 11 is 6.61. The first-order chi connectivity index (χ1) is 9.96. The molecule has 0 nitrogen and oxygen atoms in total. The average molecular weight is 303 g/mol. The molecule has 0 heterocycles. The van der Waals surface area contributed by atoms with E-state index in [-0.39, 0.29) is 5.41 Å². The minimum absolute atomic E-state index is 0.152. The highest BCUT2D eigenvalue weighted by Gasteiger charge is 2.56. The fourth-order valence-electron chi connectivity index (χ4n) is 6.46. The van der Waals surface area contributed by atoms with Crippen molar-refractivity contribution < 1.29 is 0 Å². The quantitative estimate of drug-likeness (QED) is 0.465. The normalized spacial score (nSPS) is 48.9. The van der Waals surface area contributed by atoms with Crippen molar-refractivity contribution in [1.82, 2.24) is 0 Å². The van der Waals surface area contributed by atoms with E-state index >= 15 is 0 Å². The fraction of sp³-hybridized carbons (Fsp3) is 0.700. The van der Waals surface area contributed by atoms with Crippen LogP contribution in [0, 0.1) is 28.6 Å². The number of allylic oxidation sites excluding steroid dienone is 5. The van der Waals surface area contributed by atoms with Crippen LogP contribution in [-0.4, -0.2) is 0 Å². The molecule has 1 heteroatoms. The molecule has 0 aromatic rings. The van der Waals surface area contributed by atoms with Crippen molar-refractivity contribution in [3.05, 3.63) is 34.9 Å². The van der Waals surface area contributed by atoms with Crippen LogP contribution < -0.4 is 0 Å². The number of hydrogen-bond acceptors (Lipinski definition) is 0. The summed E-state index contributed by atoms with van der Waals surface area (Å²) in [5.41, 5.74) is 3.50. The highest BCUT2D eigenvalue weighted by molar-refractivity contribution is 6.30. The van der Waals surface area contributed by atoms with Gasteiger partial charge in [-0.3, -0.25) is 0 Å². The van der Waals surface area contributed by atoms with Gasteiger partial charge in [0.1, 0.15) is 0 Å². The monoisotopic (exact) mass is 302 g/mol. The van der Waals surface area contributed by atoms with Crippen LogP contribution in [-0.2, 0) is 0 Å². The molecule has 0 bridgehead atoms. The van der Waals surface area contributed by atoms with Gasteiger partial charge in [-0.1, -0.05) is 50.6 Å². The molecular weight excluding hydrogens is 276 g/mol. The Morgan fingerprint density at radius 1 is 1.19 bits per heavy atom. The van der Waals surface area contributed by atoms with Gasteiger partial charge in [0.2, 0.25) is 0 Å². The summed E-state index contributed by atoms with van der Waals surface area (Å²) in [5.74, 6) is 2.53. The van der Waals surface area contributed by atoms with Gasteiger partial charge in [0, 0.05) is 16.9 Å². The van der Waals surface area contributed by atoms with Crippen molar-refractivity contribution in [3.63, 3.8) is 0 Å². The topological polar surface area (TPSA) is 0 Å². The van der Waals surface area contributed by atoms with E-state index in [0.717, 1.165) is 29.2 Å². The molecule has 0 unspecified atom stereocenters. The van der Waals surface area contributed by atoms with Crippen molar-refractivity contribution >= 4 is 11.6 Å². The maximum absolute atomic E-state index is 6.61. The van der Waals surface area contributed by atoms with Gasteiger partial charge in [0.15, 0.2) is 0 Å². The summed E-state index contributed by atoms with van der Waals surface area (Å²) < 4.78 is 0. The van der Waals surface area contributed by atoms with Gasteiger partial charge in [-0.05, 0) is 66.4 Å². The molecule has 3 fully saturated rings. The van der Waals surface area contributed by atoms with E-state index < -0.39 is 0 Å². The summed E-state index contributed by atoms with van der Waals surface area (Å²) in [6.07, 6.45) is 14.0. The Morgan fingerprint density at radius 2 is 2.00 bits per heavy atom. The molecule has 0 aromatic carbocycles. The van der Waals surface area contributed by atoms with Crippen LogP contribution in [0.25, 0.3) is 0 Å². The molecular formula is C20H27Cl. The number of rotatable bonds is 0. The number of hydrogen-bond donors (Lipinski definition) is 0. The van der Waals surface area contributed by atoms with E-state index in [1.54, 1.807) is 0 Å². The molecule has 0 amide bonds. The third kappa shape index (κ3) is 1.81. The predicted molar refractivity (Wildman–Crippen MR) is 90.2 cm³/mol. The molecule has 0 radical (unpaired) electrons. The van der Waals surface area contributed by atoms with E-state index in [1.807, 2.05) is 0 Å². The second-order valence-electron chi connectivity index (χ2n) is 8.44. The molecule has 4 rings (SSSR count). The summed E-state index contributed by atoms with van der Waals surface area (Å²) in [6.45, 7) is 9.43. The molecule has 114 valence electrons. The zero-order valence-corrected chi connectivity index (χ0v) is 14.2. The standard InChI is InChI=1S/C20H27Cl/c1-13-12-14-15-6-4-9-19(15,2)11-8-16(14)20(3)10-5-7-17(21)18(13)20/h5,10,14-16H,1,4,6-9,11-12H2,2-3H3/t14-,15-,16-,19-,20+/m0/s1. The lowest BCUT2D eigenvalue weighted by Crippen LogP contribution is -2.48. The van der Waals surface area contributed by atoms with E-state index in [4.69, 9.17) is 11.6 Å². The van der Waals surface area contributed by atoms with Crippen molar-refractivity contribution in [3.8, 4) is 0 Å². The predicted octanol–water partition coefficient (Wildman–Crippen LogP) is 6.24. The molecule has 0 N–H and O–H groups in total.